The Kier molecular flexibility index (Phi) is 4.52. The molecule has 0 aliphatic heterocycles. The van der Waals surface area contributed by atoms with E-state index in [-0.39, 0.29) is 28.0 Å². The number of fused-ring (bicyclic) bond motifs is 1. The molecule has 0 atom stereocenters. The van der Waals surface area contributed by atoms with E-state index in [1.54, 1.807) is 0 Å². The van der Waals surface area contributed by atoms with Crippen LogP contribution >= 0.6 is 7.34 Å². The molecule has 1 heterocycles. The minimum absolute atomic E-state index is 0.117. The monoisotopic (exact) mass is 394 g/mol. The first-order valence-corrected chi connectivity index (χ1v) is 9.49. The van der Waals surface area contributed by atoms with Gasteiger partial charge in [-0.1, -0.05) is 0 Å². The van der Waals surface area contributed by atoms with Gasteiger partial charge < -0.3 is 39.4 Å². The fourth-order valence-electron chi connectivity index (χ4n) is 2.42. The third-order valence-corrected chi connectivity index (χ3v) is 4.11. The molecule has 3 aromatic rings. The second-order valence-corrected chi connectivity index (χ2v) is 7.80. The van der Waals surface area contributed by atoms with Gasteiger partial charge in [0.1, 0.15) is 29.8 Å². The zero-order valence-electron chi connectivity index (χ0n) is 13.7. The van der Waals surface area contributed by atoms with E-state index in [2.05, 4.69) is 6.30 Å². The first-order chi connectivity index (χ1) is 12.6. The molecule has 0 radical (unpaired) electrons. The highest BCUT2D eigenvalue weighted by molar-refractivity contribution is 7.62. The van der Waals surface area contributed by atoms with E-state index in [9.17, 15) is 35.0 Å². The Morgan fingerprint density at radius 1 is 1.00 bits per heavy atom. The van der Waals surface area contributed by atoms with Gasteiger partial charge in [-0.3, -0.25) is 4.79 Å². The van der Waals surface area contributed by atoms with E-state index in [1.807, 2.05) is 0 Å². The largest absolute Gasteiger partial charge is 0.508 e. The molecule has 27 heavy (non-hydrogen) atoms. The maximum absolute atomic E-state index is 12.8. The molecule has 0 aliphatic rings. The zero-order chi connectivity index (χ0) is 19.9. The van der Waals surface area contributed by atoms with Gasteiger partial charge in [-0.15, -0.1) is 0 Å². The van der Waals surface area contributed by atoms with Crippen molar-refractivity contribution >= 4 is 24.6 Å². The van der Waals surface area contributed by atoms with E-state index in [0.29, 0.717) is 0 Å². The number of ether oxygens (including phenoxy) is 1. The standard InChI is InChI=1S/C17H15O9P/c1-27(23,24)7-25-17-15(22)14-12(21)5-9(18)6-13(14)26-16(17)8-2-3-10(19)11(20)4-8/h2-6,18-21,23-24H,1,7H2. The molecule has 0 saturated carbocycles. The lowest BCUT2D eigenvalue weighted by molar-refractivity contribution is 0.336. The van der Waals surface area contributed by atoms with Crippen molar-refractivity contribution in [3.8, 4) is 40.1 Å². The Labute approximate surface area is 151 Å². The van der Waals surface area contributed by atoms with Crippen LogP contribution in [0.2, 0.25) is 0 Å². The van der Waals surface area contributed by atoms with Crippen LogP contribution in [0.4, 0.5) is 0 Å². The van der Waals surface area contributed by atoms with Crippen LogP contribution in [0.25, 0.3) is 22.3 Å². The summed E-state index contributed by atoms with van der Waals surface area (Å²) in [6.45, 7) is 0. The SMILES string of the molecule is C=P(O)(O)COc1c(-c2ccc(O)c(O)c2)oc2cc(O)cc(O)c2c1=O. The first kappa shape index (κ1) is 18.7. The second kappa shape index (κ2) is 6.55. The summed E-state index contributed by atoms with van der Waals surface area (Å²) in [5, 5.41) is 38.5. The van der Waals surface area contributed by atoms with Gasteiger partial charge in [0.2, 0.25) is 11.2 Å². The van der Waals surface area contributed by atoms with Crippen molar-refractivity contribution in [3.63, 3.8) is 0 Å². The highest BCUT2D eigenvalue weighted by Crippen LogP contribution is 2.40. The molecule has 0 aliphatic carbocycles. The van der Waals surface area contributed by atoms with Crippen molar-refractivity contribution in [2.24, 2.45) is 0 Å². The third-order valence-electron chi connectivity index (χ3n) is 3.57. The first-order valence-electron chi connectivity index (χ1n) is 7.42. The van der Waals surface area contributed by atoms with E-state index in [4.69, 9.17) is 9.15 Å². The van der Waals surface area contributed by atoms with Crippen molar-refractivity contribution in [2.75, 3.05) is 6.35 Å². The predicted molar refractivity (Wildman–Crippen MR) is 98.6 cm³/mol. The molecule has 142 valence electrons. The minimum atomic E-state index is -3.65. The molecule has 0 saturated heterocycles. The summed E-state index contributed by atoms with van der Waals surface area (Å²) >= 11 is 0. The van der Waals surface area contributed by atoms with Gasteiger partial charge in [0, 0.05) is 17.7 Å². The van der Waals surface area contributed by atoms with Crippen LogP contribution in [-0.2, 0) is 0 Å². The van der Waals surface area contributed by atoms with Crippen molar-refractivity contribution < 1.29 is 39.4 Å². The molecule has 6 N–H and O–H groups in total. The van der Waals surface area contributed by atoms with Crippen molar-refractivity contribution in [1.29, 1.82) is 0 Å². The van der Waals surface area contributed by atoms with E-state index < -0.39 is 42.1 Å². The highest BCUT2D eigenvalue weighted by Gasteiger charge is 2.22. The Balaban J connectivity index is 2.33. The van der Waals surface area contributed by atoms with Crippen LogP contribution in [0.5, 0.6) is 28.7 Å². The number of hydrogen-bond donors (Lipinski definition) is 6. The summed E-state index contributed by atoms with van der Waals surface area (Å²) in [6, 6.07) is 5.60. The smallest absolute Gasteiger partial charge is 0.239 e. The Hall–Kier alpha value is -3.13. The van der Waals surface area contributed by atoms with E-state index >= 15 is 0 Å². The number of rotatable bonds is 4. The van der Waals surface area contributed by atoms with Gasteiger partial charge >= 0.3 is 0 Å². The quantitative estimate of drug-likeness (QED) is 0.287. The molecule has 0 unspecified atom stereocenters. The van der Waals surface area contributed by atoms with E-state index in [0.717, 1.165) is 24.3 Å². The number of phenols is 4. The maximum Gasteiger partial charge on any atom is 0.239 e. The third kappa shape index (κ3) is 3.70. The summed E-state index contributed by atoms with van der Waals surface area (Å²) in [7, 11) is -3.65. The summed E-state index contributed by atoms with van der Waals surface area (Å²) in [6.07, 6.45) is 2.45. The maximum atomic E-state index is 12.8. The number of hydrogen-bond acceptors (Lipinski definition) is 9. The second-order valence-electron chi connectivity index (χ2n) is 5.78. The van der Waals surface area contributed by atoms with Gasteiger partial charge in [0.25, 0.3) is 0 Å². The molecule has 9 nitrogen and oxygen atoms in total. The lowest BCUT2D eigenvalue weighted by atomic mass is 10.1. The van der Waals surface area contributed by atoms with Gasteiger partial charge in [-0.2, -0.15) is 0 Å². The Morgan fingerprint density at radius 3 is 2.33 bits per heavy atom. The van der Waals surface area contributed by atoms with E-state index in [1.165, 1.54) is 6.07 Å². The molecule has 0 spiro atoms. The molecular weight excluding hydrogens is 379 g/mol. The lowest BCUT2D eigenvalue weighted by Crippen LogP contribution is -2.11. The lowest BCUT2D eigenvalue weighted by Gasteiger charge is -2.15. The molecule has 0 amide bonds. The average Bonchev–Trinajstić information content (AvgIpc) is 2.54. The Morgan fingerprint density at radius 2 is 1.70 bits per heavy atom. The topological polar surface area (TPSA) is 161 Å². The molecule has 3 rings (SSSR count). The van der Waals surface area contributed by atoms with Crippen LogP contribution in [0, 0.1) is 0 Å². The fraction of sp³-hybridized carbons (Fsp3) is 0.0588. The fourth-order valence-corrected chi connectivity index (χ4v) is 2.76. The highest BCUT2D eigenvalue weighted by atomic mass is 31.2. The molecule has 0 bridgehead atoms. The van der Waals surface area contributed by atoms with Gasteiger partial charge in [0.15, 0.2) is 23.6 Å². The summed E-state index contributed by atoms with van der Waals surface area (Å²) in [4.78, 5) is 31.7. The van der Waals surface area contributed by atoms with Crippen LogP contribution in [0.3, 0.4) is 0 Å². The normalized spacial score (nSPS) is 11.6. The van der Waals surface area contributed by atoms with Crippen molar-refractivity contribution in [3.05, 3.63) is 40.6 Å². The van der Waals surface area contributed by atoms with Gasteiger partial charge in [-0.05, 0) is 24.5 Å². The molecule has 0 fully saturated rings. The van der Waals surface area contributed by atoms with Crippen LogP contribution in [0.1, 0.15) is 0 Å². The Bertz CT molecular complexity index is 1140. The molecule has 10 heteroatoms. The number of aromatic hydroxyl groups is 4. The zero-order valence-corrected chi connectivity index (χ0v) is 14.6. The van der Waals surface area contributed by atoms with Crippen LogP contribution < -0.4 is 10.2 Å². The molecule has 2 aromatic carbocycles. The van der Waals surface area contributed by atoms with Gasteiger partial charge in [0.05, 0.1) is 0 Å². The summed E-state index contributed by atoms with van der Waals surface area (Å²) in [5.41, 5.74) is -0.896. The number of benzene rings is 2. The van der Waals surface area contributed by atoms with Crippen LogP contribution in [-0.4, -0.2) is 42.9 Å². The summed E-state index contributed by atoms with van der Waals surface area (Å²) < 4.78 is 10.8. The van der Waals surface area contributed by atoms with Crippen LogP contribution in [0.15, 0.2) is 39.5 Å². The van der Waals surface area contributed by atoms with Crippen molar-refractivity contribution in [2.45, 2.75) is 0 Å². The summed E-state index contributed by atoms with van der Waals surface area (Å²) in [5.74, 6) is -2.51. The molecular formula is C17H15O9P. The predicted octanol–water partition coefficient (Wildman–Crippen LogP) is 1.88. The number of phenolic OH excluding ortho intramolecular Hbond substituents is 4. The van der Waals surface area contributed by atoms with Crippen molar-refractivity contribution in [1.82, 2.24) is 0 Å². The average molecular weight is 394 g/mol. The molecule has 1 aromatic heterocycles. The van der Waals surface area contributed by atoms with Gasteiger partial charge in [-0.25, -0.2) is 0 Å². The minimum Gasteiger partial charge on any atom is -0.508 e.